The number of carbonyl (C=O) groups excluding carboxylic acids is 1. The molecule has 34 heavy (non-hydrogen) atoms. The van der Waals surface area contributed by atoms with Crippen molar-refractivity contribution in [3.05, 3.63) is 66.1 Å². The highest BCUT2D eigenvalue weighted by Crippen LogP contribution is 2.20. The van der Waals surface area contributed by atoms with E-state index in [-0.39, 0.29) is 19.6 Å². The predicted molar refractivity (Wildman–Crippen MR) is 122 cm³/mol. The van der Waals surface area contributed by atoms with Gasteiger partial charge in [0.25, 0.3) is 0 Å². The number of rotatable bonds is 12. The molecule has 11 heteroatoms. The van der Waals surface area contributed by atoms with Crippen molar-refractivity contribution >= 4 is 5.91 Å². The number of nitrogens with two attached hydrogens (primary N) is 1. The number of amides is 1. The molecule has 3 N–H and O–H groups in total. The van der Waals surface area contributed by atoms with E-state index >= 15 is 0 Å². The summed E-state index contributed by atoms with van der Waals surface area (Å²) in [5.41, 5.74) is 5.84. The molecule has 0 bridgehead atoms. The van der Waals surface area contributed by atoms with Crippen LogP contribution in [0, 0.1) is 11.3 Å². The lowest BCUT2D eigenvalue weighted by Crippen LogP contribution is -2.51. The number of aromatic nitrogens is 5. The first-order valence-corrected chi connectivity index (χ1v) is 10.8. The first-order chi connectivity index (χ1) is 16.4. The number of nitriles is 1. The summed E-state index contributed by atoms with van der Waals surface area (Å²) in [6.07, 6.45) is 1.69. The highest BCUT2D eigenvalue weighted by atomic mass is 16.5. The lowest BCUT2D eigenvalue weighted by Gasteiger charge is -2.25. The van der Waals surface area contributed by atoms with Crippen LogP contribution in [0.3, 0.4) is 0 Å². The minimum atomic E-state index is -1.12. The van der Waals surface area contributed by atoms with Gasteiger partial charge in [0.2, 0.25) is 11.8 Å². The van der Waals surface area contributed by atoms with E-state index in [1.807, 2.05) is 30.3 Å². The van der Waals surface area contributed by atoms with Gasteiger partial charge in [-0.25, -0.2) is 9.67 Å². The maximum atomic E-state index is 12.7. The highest BCUT2D eigenvalue weighted by Gasteiger charge is 2.30. The first kappa shape index (κ1) is 24.8. The Kier molecular flexibility index (Phi) is 8.61. The van der Waals surface area contributed by atoms with Crippen molar-refractivity contribution in [2.45, 2.75) is 44.5 Å². The molecule has 0 aliphatic rings. The summed E-state index contributed by atoms with van der Waals surface area (Å²) in [5.74, 6) is 0.355. The molecule has 0 aliphatic carbocycles. The molecule has 0 unspecified atom stereocenters. The molecule has 0 saturated carbocycles. The monoisotopic (exact) mass is 464 g/mol. The Hall–Kier alpha value is -3.88. The number of pyridine rings is 1. The van der Waals surface area contributed by atoms with Gasteiger partial charge in [0, 0.05) is 12.3 Å². The summed E-state index contributed by atoms with van der Waals surface area (Å²) in [7, 11) is 0. The molecule has 3 rings (SSSR count). The normalized spacial score (nSPS) is 13.0. The third-order valence-electron chi connectivity index (χ3n) is 4.85. The molecule has 178 valence electrons. The molecular weight excluding hydrogens is 436 g/mol. The third kappa shape index (κ3) is 7.06. The molecular formula is C23H28N8O3. The van der Waals surface area contributed by atoms with Crippen molar-refractivity contribution in [2.75, 3.05) is 13.2 Å². The van der Waals surface area contributed by atoms with Gasteiger partial charge in [0.15, 0.2) is 5.82 Å². The van der Waals surface area contributed by atoms with Crippen LogP contribution in [0.5, 0.6) is 5.88 Å². The number of hydrogen-bond acceptors (Lipinski definition) is 9. The maximum absolute atomic E-state index is 12.7. The predicted octanol–water partition coefficient (Wildman–Crippen LogP) is 1.71. The van der Waals surface area contributed by atoms with Gasteiger partial charge in [-0.1, -0.05) is 36.4 Å². The van der Waals surface area contributed by atoms with Crippen LogP contribution >= 0.6 is 0 Å². The van der Waals surface area contributed by atoms with E-state index in [9.17, 15) is 10.1 Å². The van der Waals surface area contributed by atoms with Crippen LogP contribution < -0.4 is 15.8 Å². The Labute approximate surface area is 197 Å². The second-order valence-electron chi connectivity index (χ2n) is 8.23. The van der Waals surface area contributed by atoms with Gasteiger partial charge in [-0.15, -0.1) is 5.10 Å². The van der Waals surface area contributed by atoms with Gasteiger partial charge >= 0.3 is 0 Å². The van der Waals surface area contributed by atoms with Crippen LogP contribution in [0.25, 0.3) is 0 Å². The van der Waals surface area contributed by atoms with Crippen molar-refractivity contribution in [3.8, 4) is 11.9 Å². The van der Waals surface area contributed by atoms with E-state index in [1.165, 1.54) is 4.68 Å². The molecule has 2 aromatic heterocycles. The summed E-state index contributed by atoms with van der Waals surface area (Å²) in [6.45, 7) is 3.75. The van der Waals surface area contributed by atoms with Gasteiger partial charge in [0.05, 0.1) is 31.2 Å². The second kappa shape index (κ2) is 11.8. The smallest absolute Gasteiger partial charge is 0.240 e. The van der Waals surface area contributed by atoms with Crippen molar-refractivity contribution in [3.63, 3.8) is 0 Å². The number of ether oxygens (including phenoxy) is 2. The molecule has 0 spiro atoms. The van der Waals surface area contributed by atoms with E-state index in [0.29, 0.717) is 18.3 Å². The van der Waals surface area contributed by atoms with Crippen LogP contribution in [0.1, 0.15) is 43.7 Å². The Morgan fingerprint density at radius 2 is 1.97 bits per heavy atom. The number of benzene rings is 1. The molecule has 3 aromatic rings. The van der Waals surface area contributed by atoms with Gasteiger partial charge < -0.3 is 20.5 Å². The molecule has 0 radical (unpaired) electrons. The maximum Gasteiger partial charge on any atom is 0.240 e. The summed E-state index contributed by atoms with van der Waals surface area (Å²) < 4.78 is 13.1. The van der Waals surface area contributed by atoms with E-state index in [0.717, 1.165) is 5.56 Å². The van der Waals surface area contributed by atoms with Crippen LogP contribution in [-0.2, 0) is 16.1 Å². The molecule has 2 atom stereocenters. The Bertz CT molecular complexity index is 1080. The summed E-state index contributed by atoms with van der Waals surface area (Å²) >= 11 is 0. The fourth-order valence-corrected chi connectivity index (χ4v) is 3.02. The minimum Gasteiger partial charge on any atom is -0.475 e. The summed E-state index contributed by atoms with van der Waals surface area (Å²) in [5, 5.41) is 24.2. The lowest BCUT2D eigenvalue weighted by molar-refractivity contribution is -0.126. The Balaban J connectivity index is 1.79. The van der Waals surface area contributed by atoms with Crippen molar-refractivity contribution in [1.82, 2.24) is 30.5 Å². The molecule has 2 heterocycles. The first-order valence-electron chi connectivity index (χ1n) is 10.8. The quantitative estimate of drug-likeness (QED) is 0.407. The Morgan fingerprint density at radius 1 is 1.21 bits per heavy atom. The molecule has 1 amide bonds. The summed E-state index contributed by atoms with van der Waals surface area (Å²) in [6, 6.07) is 15.9. The van der Waals surface area contributed by atoms with Crippen LogP contribution in [-0.4, -0.2) is 49.9 Å². The number of carbonyl (C=O) groups is 1. The van der Waals surface area contributed by atoms with Crippen LogP contribution in [0.4, 0.5) is 0 Å². The Morgan fingerprint density at radius 3 is 2.65 bits per heavy atom. The van der Waals surface area contributed by atoms with Gasteiger partial charge in [-0.2, -0.15) is 5.26 Å². The number of tetrazole rings is 1. The zero-order valence-electron chi connectivity index (χ0n) is 19.2. The van der Waals surface area contributed by atoms with E-state index in [1.54, 1.807) is 38.2 Å². The number of nitrogens with zero attached hydrogens (tertiary/aromatic N) is 6. The number of nitrogens with one attached hydrogen (secondary N) is 1. The van der Waals surface area contributed by atoms with E-state index in [2.05, 4.69) is 31.9 Å². The molecule has 1 aromatic carbocycles. The van der Waals surface area contributed by atoms with Crippen molar-refractivity contribution in [1.29, 1.82) is 5.26 Å². The topological polar surface area (TPSA) is 154 Å². The van der Waals surface area contributed by atoms with Crippen LogP contribution in [0.2, 0.25) is 0 Å². The fourth-order valence-electron chi connectivity index (χ4n) is 3.02. The van der Waals surface area contributed by atoms with E-state index < -0.39 is 23.5 Å². The average molecular weight is 465 g/mol. The van der Waals surface area contributed by atoms with Gasteiger partial charge in [-0.3, -0.25) is 4.79 Å². The van der Waals surface area contributed by atoms with Crippen LogP contribution in [0.15, 0.2) is 54.7 Å². The van der Waals surface area contributed by atoms with E-state index in [4.69, 9.17) is 15.2 Å². The van der Waals surface area contributed by atoms with Gasteiger partial charge in [-0.05, 0) is 35.9 Å². The minimum absolute atomic E-state index is 0.0821. The zero-order chi connectivity index (χ0) is 24.4. The lowest BCUT2D eigenvalue weighted by atomic mass is 10.1. The summed E-state index contributed by atoms with van der Waals surface area (Å²) in [4.78, 5) is 16.8. The number of hydrogen-bond donors (Lipinski definition) is 2. The molecule has 0 fully saturated rings. The van der Waals surface area contributed by atoms with Crippen molar-refractivity contribution in [2.24, 2.45) is 5.73 Å². The third-order valence-corrected chi connectivity index (χ3v) is 4.85. The SMILES string of the molecule is CC(C)(N)C(=O)N[C@H](COCc1ccccc1)c1nnnn1[C@@H](CC#N)COc1ccccn1. The van der Waals surface area contributed by atoms with Crippen molar-refractivity contribution < 1.29 is 14.3 Å². The molecule has 0 saturated heterocycles. The standard InChI is InChI=1S/C23H28N8O3/c1-23(2,25)22(32)27-19(16-33-14-17-8-4-3-5-9-17)21-28-29-30-31(21)18(11-12-24)15-34-20-10-6-7-13-26-20/h3-10,13,18-19H,11,14-16,25H2,1-2H3,(H,27,32)/t18-,19+/m0/s1. The largest absolute Gasteiger partial charge is 0.475 e. The fraction of sp³-hybridized carbons (Fsp3) is 0.391. The van der Waals surface area contributed by atoms with Gasteiger partial charge in [0.1, 0.15) is 18.7 Å². The highest BCUT2D eigenvalue weighted by molar-refractivity contribution is 5.85. The molecule has 11 nitrogen and oxygen atoms in total. The average Bonchev–Trinajstić information content (AvgIpc) is 3.31. The second-order valence-corrected chi connectivity index (χ2v) is 8.23. The molecule has 0 aliphatic heterocycles. The zero-order valence-corrected chi connectivity index (χ0v) is 19.2.